The van der Waals surface area contributed by atoms with Gasteiger partial charge in [0, 0.05) is 56.8 Å². The van der Waals surface area contributed by atoms with Crippen LogP contribution in [0.1, 0.15) is 67.1 Å². The monoisotopic (exact) mass is 460 g/mol. The molecule has 5 rings (SSSR count). The highest BCUT2D eigenvalue weighted by atomic mass is 19.1. The summed E-state index contributed by atoms with van der Waals surface area (Å²) in [7, 11) is 1.77. The molecule has 0 unspecified atom stereocenters. The first-order valence-corrected chi connectivity index (χ1v) is 12.4. The Labute approximate surface area is 200 Å². The molecule has 0 bridgehead atoms. The second-order valence-corrected chi connectivity index (χ2v) is 9.62. The number of benzene rings is 1. The van der Waals surface area contributed by atoms with Crippen LogP contribution < -0.4 is 10.6 Å². The van der Waals surface area contributed by atoms with Gasteiger partial charge in [0.05, 0.1) is 16.7 Å². The van der Waals surface area contributed by atoms with Crippen molar-refractivity contribution < 1.29 is 4.39 Å². The van der Waals surface area contributed by atoms with Crippen LogP contribution in [0.4, 0.5) is 4.39 Å². The molecular weight excluding hydrogens is 427 g/mol. The first-order valence-electron chi connectivity index (χ1n) is 12.4. The molecule has 34 heavy (non-hydrogen) atoms. The molecule has 2 aliphatic carbocycles. The summed E-state index contributed by atoms with van der Waals surface area (Å²) in [6.45, 7) is 2.14. The molecule has 6 nitrogen and oxygen atoms in total. The Morgan fingerprint density at radius 2 is 2.00 bits per heavy atom. The molecule has 0 aliphatic heterocycles. The third-order valence-electron chi connectivity index (χ3n) is 6.99. The van der Waals surface area contributed by atoms with Crippen LogP contribution in [0.25, 0.3) is 16.6 Å². The number of hydrogen-bond donors (Lipinski definition) is 3. The van der Waals surface area contributed by atoms with E-state index >= 15 is 0 Å². The number of fused-ring (bicyclic) bond motifs is 1. The largest absolute Gasteiger partial charge is 0.393 e. The van der Waals surface area contributed by atoms with Gasteiger partial charge in [-0.05, 0) is 67.0 Å². The fraction of sp³-hybridized carbons (Fsp3) is 0.444. The molecule has 2 aliphatic rings. The molecule has 0 spiro atoms. The zero-order chi connectivity index (χ0) is 23.5. The molecule has 0 amide bonds. The molecular formula is C27H33FN6. The van der Waals surface area contributed by atoms with Gasteiger partial charge in [0.1, 0.15) is 11.6 Å². The Morgan fingerprint density at radius 1 is 1.18 bits per heavy atom. The first kappa shape index (κ1) is 22.7. The summed E-state index contributed by atoms with van der Waals surface area (Å²) in [6, 6.07) is 6.96. The number of pyridine rings is 1. The van der Waals surface area contributed by atoms with Crippen molar-refractivity contribution in [2.24, 2.45) is 5.92 Å². The summed E-state index contributed by atoms with van der Waals surface area (Å²) in [5, 5.41) is 14.0. The van der Waals surface area contributed by atoms with Crippen LogP contribution in [0.15, 0.2) is 36.7 Å². The zero-order valence-corrected chi connectivity index (χ0v) is 19.8. The average Bonchev–Trinajstić information content (AvgIpc) is 3.33. The van der Waals surface area contributed by atoms with Gasteiger partial charge >= 0.3 is 0 Å². The third kappa shape index (κ3) is 4.89. The lowest BCUT2D eigenvalue weighted by atomic mass is 10.0. The van der Waals surface area contributed by atoms with Gasteiger partial charge < -0.3 is 20.6 Å². The van der Waals surface area contributed by atoms with Crippen LogP contribution in [0.3, 0.4) is 0 Å². The minimum absolute atomic E-state index is 0.304. The van der Waals surface area contributed by atoms with E-state index in [1.165, 1.54) is 56.6 Å². The summed E-state index contributed by atoms with van der Waals surface area (Å²) in [5.74, 6) is 2.27. The van der Waals surface area contributed by atoms with Crippen LogP contribution in [0.2, 0.25) is 0 Å². The molecule has 0 radical (unpaired) electrons. The molecule has 2 fully saturated rings. The van der Waals surface area contributed by atoms with Crippen molar-refractivity contribution >= 4 is 22.8 Å². The average molecular weight is 461 g/mol. The number of nitrogens with one attached hydrogen (secondary N) is 3. The van der Waals surface area contributed by atoms with Crippen molar-refractivity contribution in [3.63, 3.8) is 0 Å². The van der Waals surface area contributed by atoms with Crippen LogP contribution in [-0.2, 0) is 19.6 Å². The van der Waals surface area contributed by atoms with E-state index in [1.54, 1.807) is 19.3 Å². The molecule has 2 saturated carbocycles. The van der Waals surface area contributed by atoms with Crippen LogP contribution in [0.5, 0.6) is 0 Å². The standard InChI is InChI=1S/C27H33FN6/c1-30-15-22(13-29)21-10-19(11-23(28)12-21)14-31-16-25-26-24(8-9-32-25)33-27(20-4-2-3-5-20)34(26)17-18-6-7-18/h8-13,15,18,20,29-31H,2-7,14,16-17H2,1H3/b22-15+,29-13?. The lowest BCUT2D eigenvalue weighted by molar-refractivity contribution is 0.558. The molecule has 1 aromatic carbocycles. The van der Waals surface area contributed by atoms with Gasteiger partial charge in [-0.15, -0.1) is 0 Å². The van der Waals surface area contributed by atoms with E-state index in [2.05, 4.69) is 15.2 Å². The molecule has 0 atom stereocenters. The Balaban J connectivity index is 1.38. The maximum absolute atomic E-state index is 14.3. The normalized spacial score (nSPS) is 16.9. The highest BCUT2D eigenvalue weighted by Crippen LogP contribution is 2.38. The van der Waals surface area contributed by atoms with E-state index in [0.717, 1.165) is 34.8 Å². The smallest absolute Gasteiger partial charge is 0.124 e. The van der Waals surface area contributed by atoms with Gasteiger partial charge in [-0.3, -0.25) is 4.98 Å². The van der Waals surface area contributed by atoms with Crippen molar-refractivity contribution in [2.75, 3.05) is 7.05 Å². The fourth-order valence-corrected chi connectivity index (χ4v) is 5.15. The first-order chi connectivity index (χ1) is 16.7. The molecule has 178 valence electrons. The Bertz CT molecular complexity index is 1200. The minimum atomic E-state index is -0.304. The number of halogens is 1. The van der Waals surface area contributed by atoms with Crippen LogP contribution in [0, 0.1) is 17.1 Å². The second-order valence-electron chi connectivity index (χ2n) is 9.62. The van der Waals surface area contributed by atoms with Crippen molar-refractivity contribution in [2.45, 2.75) is 64.1 Å². The van der Waals surface area contributed by atoms with E-state index in [4.69, 9.17) is 15.4 Å². The second kappa shape index (κ2) is 10.1. The molecule has 7 heteroatoms. The van der Waals surface area contributed by atoms with Gasteiger partial charge in [-0.1, -0.05) is 12.8 Å². The van der Waals surface area contributed by atoms with Gasteiger partial charge in [0.2, 0.25) is 0 Å². The third-order valence-corrected chi connectivity index (χ3v) is 6.99. The maximum atomic E-state index is 14.3. The van der Waals surface area contributed by atoms with Crippen molar-refractivity contribution in [1.29, 1.82) is 5.41 Å². The van der Waals surface area contributed by atoms with Gasteiger partial charge in [-0.25, -0.2) is 9.37 Å². The van der Waals surface area contributed by atoms with Crippen LogP contribution >= 0.6 is 0 Å². The summed E-state index contributed by atoms with van der Waals surface area (Å²) >= 11 is 0. The quantitative estimate of drug-likeness (QED) is 0.366. The zero-order valence-electron chi connectivity index (χ0n) is 19.8. The summed E-state index contributed by atoms with van der Waals surface area (Å²) < 4.78 is 16.7. The number of rotatable bonds is 10. The molecule has 2 heterocycles. The Morgan fingerprint density at radius 3 is 2.74 bits per heavy atom. The predicted octanol–water partition coefficient (Wildman–Crippen LogP) is 5.14. The number of aromatic nitrogens is 3. The molecule has 3 aromatic rings. The Kier molecular flexibility index (Phi) is 6.72. The number of allylic oxidation sites excluding steroid dienone is 1. The summed E-state index contributed by atoms with van der Waals surface area (Å²) in [4.78, 5) is 9.81. The summed E-state index contributed by atoms with van der Waals surface area (Å²) in [6.07, 6.45) is 12.4. The van der Waals surface area contributed by atoms with Gasteiger partial charge in [0.15, 0.2) is 0 Å². The highest BCUT2D eigenvalue weighted by molar-refractivity contribution is 6.08. The Hall–Kier alpha value is -3.06. The predicted molar refractivity (Wildman–Crippen MR) is 134 cm³/mol. The fourth-order valence-electron chi connectivity index (χ4n) is 5.15. The molecule has 0 saturated heterocycles. The van der Waals surface area contributed by atoms with E-state index < -0.39 is 0 Å². The van der Waals surface area contributed by atoms with E-state index in [1.807, 2.05) is 18.3 Å². The topological polar surface area (TPSA) is 78.6 Å². The van der Waals surface area contributed by atoms with Gasteiger partial charge in [0.25, 0.3) is 0 Å². The number of hydrogen-bond acceptors (Lipinski definition) is 5. The van der Waals surface area contributed by atoms with Gasteiger partial charge in [-0.2, -0.15) is 0 Å². The SMILES string of the molecule is CN/C=C(\C=N)c1cc(F)cc(CNCc2nccc3nc(C4CCCC4)n(CC4CC4)c23)c1. The molecule has 2 aromatic heterocycles. The minimum Gasteiger partial charge on any atom is -0.393 e. The lowest BCUT2D eigenvalue weighted by Gasteiger charge is -2.15. The maximum Gasteiger partial charge on any atom is 0.124 e. The van der Waals surface area contributed by atoms with E-state index in [0.29, 0.717) is 30.1 Å². The number of imidazole rings is 1. The van der Waals surface area contributed by atoms with Crippen molar-refractivity contribution in [1.82, 2.24) is 25.2 Å². The van der Waals surface area contributed by atoms with Crippen LogP contribution in [-0.4, -0.2) is 27.8 Å². The van der Waals surface area contributed by atoms with Crippen molar-refractivity contribution in [3.05, 3.63) is 65.1 Å². The molecule has 3 N–H and O–H groups in total. The van der Waals surface area contributed by atoms with E-state index in [-0.39, 0.29) is 5.82 Å². The lowest BCUT2D eigenvalue weighted by Crippen LogP contribution is -2.16. The van der Waals surface area contributed by atoms with E-state index in [9.17, 15) is 4.39 Å². The number of nitrogens with zero attached hydrogens (tertiary/aromatic N) is 3. The van der Waals surface area contributed by atoms with Crippen molar-refractivity contribution in [3.8, 4) is 0 Å². The summed E-state index contributed by atoms with van der Waals surface area (Å²) in [5.41, 5.74) is 5.36. The highest BCUT2D eigenvalue weighted by Gasteiger charge is 2.29.